The van der Waals surface area contributed by atoms with Gasteiger partial charge in [0.05, 0.1) is 5.69 Å². The molecule has 0 aliphatic rings. The largest absolute Gasteiger partial charge is 0.361 e. The van der Waals surface area contributed by atoms with E-state index in [9.17, 15) is 4.79 Å². The molecule has 0 atom stereocenters. The number of anilines is 1. The number of nitrogens with zero attached hydrogens (tertiary/aromatic N) is 1. The number of benzene rings is 1. The van der Waals surface area contributed by atoms with Crippen molar-refractivity contribution >= 4 is 11.6 Å². The van der Waals surface area contributed by atoms with Crippen molar-refractivity contribution in [2.75, 3.05) is 5.32 Å². The molecule has 2 rings (SSSR count). The predicted molar refractivity (Wildman–Crippen MR) is 75.0 cm³/mol. The van der Waals surface area contributed by atoms with Crippen molar-refractivity contribution in [1.29, 1.82) is 0 Å². The zero-order valence-electron chi connectivity index (χ0n) is 11.5. The molecule has 4 nitrogen and oxygen atoms in total. The third-order valence-corrected chi connectivity index (χ3v) is 2.97. The molecule has 100 valence electrons. The van der Waals surface area contributed by atoms with Gasteiger partial charge in [0.25, 0.3) is 0 Å². The van der Waals surface area contributed by atoms with E-state index in [1.165, 1.54) is 0 Å². The van der Waals surface area contributed by atoms with Crippen LogP contribution in [0.1, 0.15) is 31.2 Å². The summed E-state index contributed by atoms with van der Waals surface area (Å²) in [7, 11) is 0. The van der Waals surface area contributed by atoms with Crippen LogP contribution in [-0.2, 0) is 4.79 Å². The molecule has 0 saturated carbocycles. The second-order valence-corrected chi connectivity index (χ2v) is 4.57. The second-order valence-electron chi connectivity index (χ2n) is 4.57. The van der Waals surface area contributed by atoms with Crippen molar-refractivity contribution in [1.82, 2.24) is 5.16 Å². The zero-order chi connectivity index (χ0) is 13.8. The lowest BCUT2D eigenvalue weighted by Crippen LogP contribution is -2.10. The van der Waals surface area contributed by atoms with Crippen LogP contribution in [0.4, 0.5) is 5.69 Å². The van der Waals surface area contributed by atoms with E-state index in [0.29, 0.717) is 6.42 Å². The summed E-state index contributed by atoms with van der Waals surface area (Å²) < 4.78 is 5.16. The van der Waals surface area contributed by atoms with E-state index in [1.807, 2.05) is 45.0 Å². The molecule has 1 heterocycles. The van der Waals surface area contributed by atoms with Crippen molar-refractivity contribution in [3.8, 4) is 11.1 Å². The molecule has 0 saturated heterocycles. The molecule has 0 spiro atoms. The van der Waals surface area contributed by atoms with Gasteiger partial charge in [-0.25, -0.2) is 0 Å². The minimum Gasteiger partial charge on any atom is -0.361 e. The average molecular weight is 258 g/mol. The van der Waals surface area contributed by atoms with Gasteiger partial charge in [0.1, 0.15) is 5.76 Å². The van der Waals surface area contributed by atoms with Gasteiger partial charge in [0.2, 0.25) is 5.91 Å². The number of hydrogen-bond acceptors (Lipinski definition) is 3. The molecule has 0 fully saturated rings. The topological polar surface area (TPSA) is 55.1 Å². The molecule has 4 heteroatoms. The van der Waals surface area contributed by atoms with E-state index in [4.69, 9.17) is 4.52 Å². The maximum atomic E-state index is 11.5. The third-order valence-electron chi connectivity index (χ3n) is 2.97. The number of aromatic nitrogens is 1. The highest BCUT2D eigenvalue weighted by Gasteiger charge is 2.11. The average Bonchev–Trinajstić information content (AvgIpc) is 2.71. The fourth-order valence-electron chi connectivity index (χ4n) is 2.07. The summed E-state index contributed by atoms with van der Waals surface area (Å²) in [6.07, 6.45) is 1.40. The Bertz CT molecular complexity index is 551. The van der Waals surface area contributed by atoms with Crippen LogP contribution in [0.5, 0.6) is 0 Å². The molecule has 1 N–H and O–H groups in total. The lowest BCUT2D eigenvalue weighted by Gasteiger charge is -2.06. The molecule has 2 aromatic rings. The molecule has 1 amide bonds. The molecule has 19 heavy (non-hydrogen) atoms. The Labute approximate surface area is 112 Å². The van der Waals surface area contributed by atoms with E-state index in [2.05, 4.69) is 10.5 Å². The second kappa shape index (κ2) is 5.69. The fraction of sp³-hybridized carbons (Fsp3) is 0.333. The van der Waals surface area contributed by atoms with E-state index >= 15 is 0 Å². The lowest BCUT2D eigenvalue weighted by atomic mass is 10.0. The summed E-state index contributed by atoms with van der Waals surface area (Å²) in [5.74, 6) is 0.854. The van der Waals surface area contributed by atoms with Gasteiger partial charge in [0, 0.05) is 17.7 Å². The van der Waals surface area contributed by atoms with E-state index in [-0.39, 0.29) is 5.91 Å². The number of carbonyl (C=O) groups is 1. The standard InChI is InChI=1S/C15H18N2O2/c1-4-5-14(18)16-13-8-6-12(7-9-13)15-10(2)17-19-11(15)3/h6-9H,4-5H2,1-3H3,(H,16,18). The monoisotopic (exact) mass is 258 g/mol. The molecule has 0 aliphatic heterocycles. The summed E-state index contributed by atoms with van der Waals surface area (Å²) in [6.45, 7) is 5.80. The normalized spacial score (nSPS) is 10.5. The van der Waals surface area contributed by atoms with Crippen molar-refractivity contribution in [3.05, 3.63) is 35.7 Å². The first kappa shape index (κ1) is 13.3. The Balaban J connectivity index is 2.17. The van der Waals surface area contributed by atoms with Crippen molar-refractivity contribution in [2.24, 2.45) is 0 Å². The first-order valence-corrected chi connectivity index (χ1v) is 6.45. The fourth-order valence-corrected chi connectivity index (χ4v) is 2.07. The molecule has 1 aromatic carbocycles. The van der Waals surface area contributed by atoms with Gasteiger partial charge in [-0.1, -0.05) is 24.2 Å². The first-order valence-electron chi connectivity index (χ1n) is 6.45. The molecule has 0 radical (unpaired) electrons. The van der Waals surface area contributed by atoms with E-state index < -0.39 is 0 Å². The summed E-state index contributed by atoms with van der Waals surface area (Å²) in [5, 5.41) is 6.81. The van der Waals surface area contributed by atoms with Gasteiger partial charge >= 0.3 is 0 Å². The van der Waals surface area contributed by atoms with Gasteiger partial charge in [0.15, 0.2) is 0 Å². The van der Waals surface area contributed by atoms with E-state index in [1.54, 1.807) is 0 Å². The minimum absolute atomic E-state index is 0.0487. The van der Waals surface area contributed by atoms with Crippen molar-refractivity contribution < 1.29 is 9.32 Å². The van der Waals surface area contributed by atoms with Gasteiger partial charge in [-0.3, -0.25) is 4.79 Å². The van der Waals surface area contributed by atoms with Crippen LogP contribution in [0.15, 0.2) is 28.8 Å². The van der Waals surface area contributed by atoms with Crippen LogP contribution in [0, 0.1) is 13.8 Å². The third kappa shape index (κ3) is 3.02. The van der Waals surface area contributed by atoms with Gasteiger partial charge in [-0.2, -0.15) is 0 Å². The Morgan fingerprint density at radius 2 is 1.95 bits per heavy atom. The lowest BCUT2D eigenvalue weighted by molar-refractivity contribution is -0.116. The van der Waals surface area contributed by atoms with Gasteiger partial charge in [-0.05, 0) is 38.0 Å². The maximum Gasteiger partial charge on any atom is 0.224 e. The van der Waals surface area contributed by atoms with Crippen LogP contribution in [-0.4, -0.2) is 11.1 Å². The Kier molecular flexibility index (Phi) is 4.00. The Hall–Kier alpha value is -2.10. The highest BCUT2D eigenvalue weighted by atomic mass is 16.5. The van der Waals surface area contributed by atoms with Crippen LogP contribution in [0.2, 0.25) is 0 Å². The van der Waals surface area contributed by atoms with E-state index in [0.717, 1.165) is 34.7 Å². The van der Waals surface area contributed by atoms with Gasteiger partial charge in [-0.15, -0.1) is 0 Å². The number of nitrogens with one attached hydrogen (secondary N) is 1. The SMILES string of the molecule is CCCC(=O)Nc1ccc(-c2c(C)noc2C)cc1. The molecule has 0 unspecified atom stereocenters. The minimum atomic E-state index is 0.0487. The Morgan fingerprint density at radius 3 is 2.47 bits per heavy atom. The van der Waals surface area contributed by atoms with Crippen molar-refractivity contribution in [2.45, 2.75) is 33.6 Å². The van der Waals surface area contributed by atoms with Gasteiger partial charge < -0.3 is 9.84 Å². The number of hydrogen-bond donors (Lipinski definition) is 1. The number of rotatable bonds is 4. The molecule has 1 aromatic heterocycles. The zero-order valence-corrected chi connectivity index (χ0v) is 11.5. The first-order chi connectivity index (χ1) is 9.11. The number of carbonyl (C=O) groups excluding carboxylic acids is 1. The van der Waals surface area contributed by atoms with Crippen LogP contribution in [0.25, 0.3) is 11.1 Å². The van der Waals surface area contributed by atoms with Crippen LogP contribution in [0.3, 0.4) is 0 Å². The summed E-state index contributed by atoms with van der Waals surface area (Å²) in [6, 6.07) is 7.73. The predicted octanol–water partition coefficient (Wildman–Crippen LogP) is 3.70. The molecule has 0 bridgehead atoms. The highest BCUT2D eigenvalue weighted by Crippen LogP contribution is 2.27. The van der Waals surface area contributed by atoms with Crippen LogP contribution >= 0.6 is 0 Å². The molecule has 0 aliphatic carbocycles. The Morgan fingerprint density at radius 1 is 1.26 bits per heavy atom. The quantitative estimate of drug-likeness (QED) is 0.909. The summed E-state index contributed by atoms with van der Waals surface area (Å²) in [4.78, 5) is 11.5. The molecular weight excluding hydrogens is 240 g/mol. The smallest absolute Gasteiger partial charge is 0.224 e. The van der Waals surface area contributed by atoms with Crippen LogP contribution < -0.4 is 5.32 Å². The maximum absolute atomic E-state index is 11.5. The number of aryl methyl sites for hydroxylation is 2. The van der Waals surface area contributed by atoms with Crippen molar-refractivity contribution in [3.63, 3.8) is 0 Å². The summed E-state index contributed by atoms with van der Waals surface area (Å²) in [5.41, 5.74) is 3.76. The summed E-state index contributed by atoms with van der Waals surface area (Å²) >= 11 is 0. The highest BCUT2D eigenvalue weighted by molar-refractivity contribution is 5.91. The molecular formula is C15H18N2O2. The number of amides is 1.